The van der Waals surface area contributed by atoms with E-state index in [-0.39, 0.29) is 5.97 Å². The first-order valence-electron chi connectivity index (χ1n) is 8.82. The van der Waals surface area contributed by atoms with Crippen molar-refractivity contribution in [3.63, 3.8) is 0 Å². The Morgan fingerprint density at radius 2 is 1.93 bits per heavy atom. The highest BCUT2D eigenvalue weighted by Gasteiger charge is 2.19. The highest BCUT2D eigenvalue weighted by molar-refractivity contribution is 5.89. The van der Waals surface area contributed by atoms with E-state index in [2.05, 4.69) is 20.2 Å². The number of benzene rings is 2. The largest absolute Gasteiger partial charge is 0.465 e. The number of para-hydroxylation sites is 1. The zero-order chi connectivity index (χ0) is 18.6. The van der Waals surface area contributed by atoms with Crippen molar-refractivity contribution in [2.24, 2.45) is 0 Å². The Hall–Kier alpha value is -3.41. The number of anilines is 3. The molecule has 3 aromatic rings. The monoisotopic (exact) mass is 360 g/mol. The van der Waals surface area contributed by atoms with Crippen LogP contribution in [-0.4, -0.2) is 29.6 Å². The maximum atomic E-state index is 11.7. The van der Waals surface area contributed by atoms with Crippen LogP contribution in [0.15, 0.2) is 60.9 Å². The predicted octanol–water partition coefficient (Wildman–Crippen LogP) is 3.57. The highest BCUT2D eigenvalue weighted by atomic mass is 16.5. The number of aromatic nitrogens is 2. The Labute approximate surface area is 157 Å². The number of rotatable bonds is 4. The van der Waals surface area contributed by atoms with Gasteiger partial charge in [0.15, 0.2) is 0 Å². The summed E-state index contributed by atoms with van der Waals surface area (Å²) in [5.41, 5.74) is 3.97. The van der Waals surface area contributed by atoms with Crippen LogP contribution in [0.3, 0.4) is 0 Å². The molecule has 0 saturated heterocycles. The predicted molar refractivity (Wildman–Crippen MR) is 104 cm³/mol. The molecule has 2 heterocycles. The van der Waals surface area contributed by atoms with E-state index < -0.39 is 0 Å². The fourth-order valence-electron chi connectivity index (χ4n) is 3.25. The van der Waals surface area contributed by atoms with Gasteiger partial charge in [0.2, 0.25) is 0 Å². The zero-order valence-corrected chi connectivity index (χ0v) is 15.1. The zero-order valence-electron chi connectivity index (χ0n) is 15.1. The van der Waals surface area contributed by atoms with Crippen LogP contribution in [0.4, 0.5) is 17.3 Å². The van der Waals surface area contributed by atoms with Crippen molar-refractivity contribution in [3.05, 3.63) is 77.6 Å². The third kappa shape index (κ3) is 3.74. The van der Waals surface area contributed by atoms with Crippen molar-refractivity contribution in [2.45, 2.75) is 13.0 Å². The average molecular weight is 360 g/mol. The number of ether oxygens (including phenoxy) is 1. The van der Waals surface area contributed by atoms with Gasteiger partial charge < -0.3 is 15.0 Å². The van der Waals surface area contributed by atoms with Crippen LogP contribution in [0.1, 0.15) is 21.5 Å². The Kier molecular flexibility index (Phi) is 4.70. The molecule has 0 radical (unpaired) electrons. The van der Waals surface area contributed by atoms with Crippen LogP contribution in [0, 0.1) is 0 Å². The number of hydrogen-bond acceptors (Lipinski definition) is 6. The first-order chi connectivity index (χ1) is 13.2. The molecule has 1 aliphatic heterocycles. The number of carbonyl (C=O) groups is 1. The number of methoxy groups -OCH3 is 1. The number of nitrogens with zero attached hydrogens (tertiary/aromatic N) is 3. The summed E-state index contributed by atoms with van der Waals surface area (Å²) in [7, 11) is 1.40. The molecule has 6 heteroatoms. The van der Waals surface area contributed by atoms with Crippen molar-refractivity contribution in [2.75, 3.05) is 23.9 Å². The van der Waals surface area contributed by atoms with Gasteiger partial charge in [-0.1, -0.05) is 24.3 Å². The maximum absolute atomic E-state index is 11.7. The molecule has 27 heavy (non-hydrogen) atoms. The van der Waals surface area contributed by atoms with E-state index in [1.54, 1.807) is 6.33 Å². The van der Waals surface area contributed by atoms with Crippen molar-refractivity contribution in [1.29, 1.82) is 0 Å². The van der Waals surface area contributed by atoms with Crippen molar-refractivity contribution < 1.29 is 9.53 Å². The molecular weight excluding hydrogens is 340 g/mol. The van der Waals surface area contributed by atoms with Gasteiger partial charge in [0.25, 0.3) is 0 Å². The van der Waals surface area contributed by atoms with Crippen molar-refractivity contribution >= 4 is 23.3 Å². The molecule has 0 atom stereocenters. The lowest BCUT2D eigenvalue weighted by atomic mass is 9.97. The van der Waals surface area contributed by atoms with Crippen molar-refractivity contribution in [3.8, 4) is 0 Å². The van der Waals surface area contributed by atoms with E-state index in [4.69, 9.17) is 4.74 Å². The van der Waals surface area contributed by atoms with Crippen LogP contribution >= 0.6 is 0 Å². The minimum atomic E-state index is -0.298. The van der Waals surface area contributed by atoms with E-state index >= 15 is 0 Å². The van der Waals surface area contributed by atoms with Gasteiger partial charge in [-0.25, -0.2) is 14.8 Å². The molecule has 6 nitrogen and oxygen atoms in total. The maximum Gasteiger partial charge on any atom is 0.337 e. The van der Waals surface area contributed by atoms with Crippen LogP contribution in [0.2, 0.25) is 0 Å². The van der Waals surface area contributed by atoms with E-state index in [9.17, 15) is 4.79 Å². The summed E-state index contributed by atoms with van der Waals surface area (Å²) in [6.07, 6.45) is 2.43. The Morgan fingerprint density at radius 3 is 2.74 bits per heavy atom. The van der Waals surface area contributed by atoms with E-state index in [0.29, 0.717) is 5.56 Å². The minimum absolute atomic E-state index is 0.298. The normalized spacial score (nSPS) is 13.0. The van der Waals surface area contributed by atoms with Gasteiger partial charge >= 0.3 is 5.97 Å². The fraction of sp³-hybridized carbons (Fsp3) is 0.190. The van der Waals surface area contributed by atoms with Crippen LogP contribution < -0.4 is 10.2 Å². The molecule has 1 aliphatic rings. The second-order valence-corrected chi connectivity index (χ2v) is 6.40. The van der Waals surface area contributed by atoms with Gasteiger partial charge in [0.1, 0.15) is 18.0 Å². The third-order valence-corrected chi connectivity index (χ3v) is 4.66. The number of esters is 1. The Morgan fingerprint density at radius 1 is 1.07 bits per heavy atom. The van der Waals surface area contributed by atoms with Crippen LogP contribution in [0.5, 0.6) is 0 Å². The fourth-order valence-corrected chi connectivity index (χ4v) is 3.25. The van der Waals surface area contributed by atoms with Gasteiger partial charge in [-0.2, -0.15) is 0 Å². The van der Waals surface area contributed by atoms with Crippen LogP contribution in [-0.2, 0) is 17.7 Å². The van der Waals surface area contributed by atoms with Gasteiger partial charge in [-0.05, 0) is 41.8 Å². The molecular formula is C21H20N4O2. The summed E-state index contributed by atoms with van der Waals surface area (Å²) >= 11 is 0. The molecule has 0 saturated carbocycles. The first-order valence-corrected chi connectivity index (χ1v) is 8.82. The standard InChI is InChI=1S/C21H20N4O2/c1-27-21(26)16-7-8-17-13-25(10-9-15(17)11-16)20-12-19(22-14-23-20)24-18-5-3-2-4-6-18/h2-8,11-12,14H,9-10,13H2,1H3,(H,22,23,24). The van der Waals surface area contributed by atoms with Gasteiger partial charge in [0.05, 0.1) is 12.7 Å². The van der Waals surface area contributed by atoms with E-state index in [0.717, 1.165) is 36.8 Å². The lowest BCUT2D eigenvalue weighted by Crippen LogP contribution is -2.31. The molecule has 4 rings (SSSR count). The summed E-state index contributed by atoms with van der Waals surface area (Å²) in [4.78, 5) is 22.7. The summed E-state index contributed by atoms with van der Waals surface area (Å²) in [6, 6.07) is 17.6. The lowest BCUT2D eigenvalue weighted by molar-refractivity contribution is 0.0600. The molecule has 136 valence electrons. The van der Waals surface area contributed by atoms with Gasteiger partial charge in [-0.15, -0.1) is 0 Å². The summed E-state index contributed by atoms with van der Waals surface area (Å²) in [5.74, 6) is 1.34. The number of nitrogens with one attached hydrogen (secondary N) is 1. The van der Waals surface area contributed by atoms with Crippen molar-refractivity contribution in [1.82, 2.24) is 9.97 Å². The summed E-state index contributed by atoms with van der Waals surface area (Å²) in [5, 5.41) is 3.30. The Bertz CT molecular complexity index is 959. The number of carbonyl (C=O) groups excluding carboxylic acids is 1. The molecule has 0 spiro atoms. The molecule has 1 N–H and O–H groups in total. The second-order valence-electron chi connectivity index (χ2n) is 6.40. The van der Waals surface area contributed by atoms with Crippen LogP contribution in [0.25, 0.3) is 0 Å². The molecule has 0 bridgehead atoms. The minimum Gasteiger partial charge on any atom is -0.465 e. The number of fused-ring (bicyclic) bond motifs is 1. The molecule has 0 amide bonds. The molecule has 1 aromatic heterocycles. The quantitative estimate of drug-likeness (QED) is 0.718. The molecule has 0 fully saturated rings. The Balaban J connectivity index is 1.52. The van der Waals surface area contributed by atoms with Gasteiger partial charge in [0, 0.05) is 24.8 Å². The summed E-state index contributed by atoms with van der Waals surface area (Å²) in [6.45, 7) is 1.58. The first kappa shape index (κ1) is 17.0. The van der Waals surface area contributed by atoms with E-state index in [1.165, 1.54) is 18.2 Å². The van der Waals surface area contributed by atoms with Gasteiger partial charge in [-0.3, -0.25) is 0 Å². The highest BCUT2D eigenvalue weighted by Crippen LogP contribution is 2.26. The average Bonchev–Trinajstić information content (AvgIpc) is 2.73. The lowest BCUT2D eigenvalue weighted by Gasteiger charge is -2.30. The topological polar surface area (TPSA) is 67.3 Å². The second kappa shape index (κ2) is 7.45. The molecule has 0 unspecified atom stereocenters. The SMILES string of the molecule is COC(=O)c1ccc2c(c1)CCN(c1cc(Nc3ccccc3)ncn1)C2. The number of hydrogen-bond donors (Lipinski definition) is 1. The molecule has 2 aromatic carbocycles. The third-order valence-electron chi connectivity index (χ3n) is 4.66. The molecule has 0 aliphatic carbocycles. The van der Waals surface area contributed by atoms with E-state index in [1.807, 2.05) is 54.6 Å². The summed E-state index contributed by atoms with van der Waals surface area (Å²) < 4.78 is 4.81. The smallest absolute Gasteiger partial charge is 0.337 e.